The molecule has 1 aromatic heterocycles. The van der Waals surface area contributed by atoms with E-state index in [1.165, 1.54) is 5.56 Å². The quantitative estimate of drug-likeness (QED) is 0.760. The topological polar surface area (TPSA) is 48.1 Å². The van der Waals surface area contributed by atoms with E-state index in [1.54, 1.807) is 12.4 Å². The molecule has 0 radical (unpaired) electrons. The van der Waals surface area contributed by atoms with E-state index >= 15 is 0 Å². The molecule has 2 N–H and O–H groups in total. The largest absolute Gasteiger partial charge is 0.489 e. The van der Waals surface area contributed by atoms with Gasteiger partial charge in [0.05, 0.1) is 0 Å². The predicted octanol–water partition coefficient (Wildman–Crippen LogP) is 4.47. The molecular formula is C16H18Br2N2O. The van der Waals surface area contributed by atoms with Crippen LogP contribution in [0.4, 0.5) is 0 Å². The van der Waals surface area contributed by atoms with Gasteiger partial charge in [-0.3, -0.25) is 4.98 Å². The zero-order valence-corrected chi connectivity index (χ0v) is 15.0. The minimum Gasteiger partial charge on any atom is -0.489 e. The maximum absolute atomic E-state index is 6.03. The van der Waals surface area contributed by atoms with Gasteiger partial charge in [-0.1, -0.05) is 22.9 Å². The Balaban J connectivity index is 2.05. The number of halogens is 2. The van der Waals surface area contributed by atoms with Crippen molar-refractivity contribution in [3.8, 4) is 5.75 Å². The first-order valence-corrected chi connectivity index (χ1v) is 8.43. The van der Waals surface area contributed by atoms with Crippen LogP contribution in [0.25, 0.3) is 0 Å². The molecule has 0 aliphatic rings. The van der Waals surface area contributed by atoms with E-state index in [4.69, 9.17) is 10.5 Å². The minimum atomic E-state index is 0.172. The number of hydrogen-bond donors (Lipinski definition) is 1. The molecule has 3 nitrogen and oxygen atoms in total. The van der Waals surface area contributed by atoms with Crippen LogP contribution < -0.4 is 10.5 Å². The molecule has 0 saturated heterocycles. The highest BCUT2D eigenvalue weighted by Gasteiger charge is 2.07. The Labute approximate surface area is 142 Å². The fourth-order valence-electron chi connectivity index (χ4n) is 1.93. The number of ether oxygens (including phenoxy) is 1. The second kappa shape index (κ2) is 7.92. The van der Waals surface area contributed by atoms with Gasteiger partial charge in [-0.25, -0.2) is 0 Å². The van der Waals surface area contributed by atoms with Crippen LogP contribution in [-0.2, 0) is 13.0 Å². The van der Waals surface area contributed by atoms with E-state index in [2.05, 4.69) is 43.8 Å². The first kappa shape index (κ1) is 16.5. The summed E-state index contributed by atoms with van der Waals surface area (Å²) in [7, 11) is 0. The van der Waals surface area contributed by atoms with Crippen LogP contribution in [0, 0.1) is 0 Å². The molecule has 2 rings (SSSR count). The monoisotopic (exact) mass is 412 g/mol. The third-order valence-corrected chi connectivity index (χ3v) is 4.40. The molecule has 0 aliphatic carbocycles. The lowest BCUT2D eigenvalue weighted by Gasteiger charge is -2.13. The van der Waals surface area contributed by atoms with Crippen LogP contribution in [0.5, 0.6) is 5.75 Å². The third kappa shape index (κ3) is 5.09. The molecule has 0 fully saturated rings. The molecule has 1 aromatic carbocycles. The lowest BCUT2D eigenvalue weighted by Crippen LogP contribution is -2.21. The van der Waals surface area contributed by atoms with Gasteiger partial charge in [0, 0.05) is 32.9 Å². The fraction of sp³-hybridized carbons (Fsp3) is 0.312. The van der Waals surface area contributed by atoms with Crippen LogP contribution in [0.2, 0.25) is 0 Å². The van der Waals surface area contributed by atoms with Crippen LogP contribution >= 0.6 is 31.9 Å². The molecule has 2 aromatic rings. The van der Waals surface area contributed by atoms with Crippen LogP contribution in [-0.4, -0.2) is 11.0 Å². The Morgan fingerprint density at radius 1 is 1.24 bits per heavy atom. The number of benzene rings is 1. The number of pyridine rings is 1. The average Bonchev–Trinajstić information content (AvgIpc) is 2.48. The molecule has 0 bridgehead atoms. The summed E-state index contributed by atoms with van der Waals surface area (Å²) in [5.41, 5.74) is 8.23. The summed E-state index contributed by atoms with van der Waals surface area (Å²) >= 11 is 6.97. The maximum atomic E-state index is 6.03. The van der Waals surface area contributed by atoms with Gasteiger partial charge >= 0.3 is 0 Å². The maximum Gasteiger partial charge on any atom is 0.120 e. The molecule has 0 spiro atoms. The second-order valence-electron chi connectivity index (χ2n) is 4.93. The zero-order chi connectivity index (χ0) is 15.2. The Morgan fingerprint density at radius 3 is 2.76 bits per heavy atom. The molecule has 1 atom stereocenters. The molecule has 0 aliphatic heterocycles. The van der Waals surface area contributed by atoms with Gasteiger partial charge in [-0.2, -0.15) is 0 Å². The predicted molar refractivity (Wildman–Crippen MR) is 92.4 cm³/mol. The highest BCUT2D eigenvalue weighted by molar-refractivity contribution is 9.10. The molecule has 0 saturated carbocycles. The van der Waals surface area contributed by atoms with E-state index in [9.17, 15) is 0 Å². The van der Waals surface area contributed by atoms with Crippen molar-refractivity contribution >= 4 is 31.9 Å². The van der Waals surface area contributed by atoms with E-state index < -0.39 is 0 Å². The van der Waals surface area contributed by atoms with Crippen molar-refractivity contribution in [2.45, 2.75) is 32.4 Å². The van der Waals surface area contributed by atoms with Crippen molar-refractivity contribution in [2.24, 2.45) is 5.73 Å². The van der Waals surface area contributed by atoms with E-state index in [-0.39, 0.29) is 6.04 Å². The summed E-state index contributed by atoms with van der Waals surface area (Å²) in [5, 5.41) is 0. The summed E-state index contributed by atoms with van der Waals surface area (Å²) in [6, 6.07) is 8.18. The normalized spacial score (nSPS) is 12.2. The molecule has 5 heteroatoms. The number of nitrogens with two attached hydrogens (primary N) is 1. The standard InChI is InChI=1S/C16H18Br2N2O/c1-2-14(19)6-12-7-15(3-4-16(12)18)21-10-11-5-13(17)9-20-8-11/h3-5,7-9,14H,2,6,10,19H2,1H3. The summed E-state index contributed by atoms with van der Waals surface area (Å²) in [6.07, 6.45) is 5.36. The number of nitrogens with zero attached hydrogens (tertiary/aromatic N) is 1. The van der Waals surface area contributed by atoms with Gasteiger partial charge < -0.3 is 10.5 Å². The van der Waals surface area contributed by atoms with Gasteiger partial charge in [0.2, 0.25) is 0 Å². The van der Waals surface area contributed by atoms with Gasteiger partial charge in [0.15, 0.2) is 0 Å². The van der Waals surface area contributed by atoms with Crippen molar-refractivity contribution in [3.63, 3.8) is 0 Å². The van der Waals surface area contributed by atoms with E-state index in [0.29, 0.717) is 6.61 Å². The highest BCUT2D eigenvalue weighted by Crippen LogP contribution is 2.25. The molecule has 21 heavy (non-hydrogen) atoms. The molecular weight excluding hydrogens is 396 g/mol. The number of rotatable bonds is 6. The third-order valence-electron chi connectivity index (χ3n) is 3.19. The van der Waals surface area contributed by atoms with Gasteiger partial charge in [-0.05, 0) is 58.6 Å². The Kier molecular flexibility index (Phi) is 6.21. The SMILES string of the molecule is CCC(N)Cc1cc(OCc2cncc(Br)c2)ccc1Br. The molecule has 1 heterocycles. The van der Waals surface area contributed by atoms with E-state index in [1.807, 2.05) is 24.3 Å². The van der Waals surface area contributed by atoms with Crippen molar-refractivity contribution in [3.05, 3.63) is 56.7 Å². The van der Waals surface area contributed by atoms with Gasteiger partial charge in [0.25, 0.3) is 0 Å². The first-order chi connectivity index (χ1) is 10.1. The highest BCUT2D eigenvalue weighted by atomic mass is 79.9. The van der Waals surface area contributed by atoms with Gasteiger partial charge in [-0.15, -0.1) is 0 Å². The van der Waals surface area contributed by atoms with E-state index in [0.717, 1.165) is 33.1 Å². The summed E-state index contributed by atoms with van der Waals surface area (Å²) < 4.78 is 7.86. The summed E-state index contributed by atoms with van der Waals surface area (Å²) in [4.78, 5) is 4.13. The van der Waals surface area contributed by atoms with Crippen molar-refractivity contribution in [1.82, 2.24) is 4.98 Å². The summed E-state index contributed by atoms with van der Waals surface area (Å²) in [5.74, 6) is 0.844. The Bertz CT molecular complexity index is 605. The fourth-order valence-corrected chi connectivity index (χ4v) is 2.75. The molecule has 1 unspecified atom stereocenters. The smallest absolute Gasteiger partial charge is 0.120 e. The minimum absolute atomic E-state index is 0.172. The zero-order valence-electron chi connectivity index (χ0n) is 11.9. The van der Waals surface area contributed by atoms with Gasteiger partial charge in [0.1, 0.15) is 12.4 Å². The van der Waals surface area contributed by atoms with Crippen LogP contribution in [0.15, 0.2) is 45.6 Å². The van der Waals surface area contributed by atoms with Crippen molar-refractivity contribution < 1.29 is 4.74 Å². The first-order valence-electron chi connectivity index (χ1n) is 6.84. The number of aromatic nitrogens is 1. The van der Waals surface area contributed by atoms with Crippen molar-refractivity contribution in [2.75, 3.05) is 0 Å². The van der Waals surface area contributed by atoms with Crippen molar-refractivity contribution in [1.29, 1.82) is 0 Å². The van der Waals surface area contributed by atoms with Crippen LogP contribution in [0.3, 0.4) is 0 Å². The average molecular weight is 414 g/mol. The number of hydrogen-bond acceptors (Lipinski definition) is 3. The Hall–Kier alpha value is -0.910. The lowest BCUT2D eigenvalue weighted by atomic mass is 10.0. The molecule has 0 amide bonds. The Morgan fingerprint density at radius 2 is 2.05 bits per heavy atom. The lowest BCUT2D eigenvalue weighted by molar-refractivity contribution is 0.305. The molecule has 112 valence electrons. The summed E-state index contributed by atoms with van der Waals surface area (Å²) in [6.45, 7) is 2.59. The van der Waals surface area contributed by atoms with Crippen LogP contribution in [0.1, 0.15) is 24.5 Å². The second-order valence-corrected chi connectivity index (χ2v) is 6.70.